The molecule has 21 heavy (non-hydrogen) atoms. The zero-order valence-electron chi connectivity index (χ0n) is 11.9. The Morgan fingerprint density at radius 3 is 2.43 bits per heavy atom. The molecule has 0 aliphatic heterocycles. The highest BCUT2D eigenvalue weighted by molar-refractivity contribution is 7.89. The molecule has 0 aromatic heterocycles. The number of hydrogen-bond donors (Lipinski definition) is 2. The first-order valence-corrected chi connectivity index (χ1v) is 7.90. The number of nitrogens with two attached hydrogens (primary N) is 1. The number of nitrogens with one attached hydrogen (secondary N) is 1. The lowest BCUT2D eigenvalue weighted by Gasteiger charge is -2.14. The summed E-state index contributed by atoms with van der Waals surface area (Å²) in [5.41, 5.74) is 6.85. The fourth-order valence-corrected chi connectivity index (χ4v) is 3.69. The van der Waals surface area contributed by atoms with Gasteiger partial charge in [-0.2, -0.15) is 0 Å². The molecule has 0 amide bonds. The topological polar surface area (TPSA) is 72.2 Å². The minimum absolute atomic E-state index is 0.0392. The first-order chi connectivity index (χ1) is 9.83. The minimum Gasteiger partial charge on any atom is -0.396 e. The summed E-state index contributed by atoms with van der Waals surface area (Å²) in [5.74, 6) is -0.605. The van der Waals surface area contributed by atoms with Crippen LogP contribution in [-0.2, 0) is 16.6 Å². The van der Waals surface area contributed by atoms with Gasteiger partial charge in [0, 0.05) is 6.54 Å². The van der Waals surface area contributed by atoms with Crippen molar-refractivity contribution in [2.75, 3.05) is 5.73 Å². The average Bonchev–Trinajstić information content (AvgIpc) is 2.44. The summed E-state index contributed by atoms with van der Waals surface area (Å²) in [7, 11) is -3.76. The van der Waals surface area contributed by atoms with Crippen LogP contribution in [0.1, 0.15) is 16.7 Å². The number of benzene rings is 2. The van der Waals surface area contributed by atoms with Gasteiger partial charge in [0.25, 0.3) is 0 Å². The molecule has 112 valence electrons. The van der Waals surface area contributed by atoms with Crippen LogP contribution in [0.2, 0.25) is 0 Å². The Balaban J connectivity index is 2.35. The minimum atomic E-state index is -3.76. The average molecular weight is 308 g/mol. The molecule has 0 saturated carbocycles. The number of nitrogen functional groups attached to an aromatic ring is 1. The molecule has 0 aliphatic rings. The van der Waals surface area contributed by atoms with E-state index >= 15 is 0 Å². The predicted octanol–water partition coefficient (Wildman–Crippen LogP) is 2.50. The van der Waals surface area contributed by atoms with E-state index < -0.39 is 15.8 Å². The molecule has 6 heteroatoms. The van der Waals surface area contributed by atoms with E-state index in [9.17, 15) is 12.8 Å². The highest BCUT2D eigenvalue weighted by atomic mass is 32.2. The van der Waals surface area contributed by atoms with Crippen molar-refractivity contribution in [2.24, 2.45) is 0 Å². The number of anilines is 1. The van der Waals surface area contributed by atoms with Crippen LogP contribution in [0, 0.1) is 19.7 Å². The molecular weight excluding hydrogens is 291 g/mol. The maximum absolute atomic E-state index is 13.5. The molecule has 2 aromatic carbocycles. The normalized spacial score (nSPS) is 11.6. The monoisotopic (exact) mass is 308 g/mol. The number of rotatable bonds is 4. The molecule has 2 rings (SSSR count). The smallest absolute Gasteiger partial charge is 0.241 e. The molecule has 0 radical (unpaired) electrons. The lowest BCUT2D eigenvalue weighted by molar-refractivity contribution is 0.579. The largest absolute Gasteiger partial charge is 0.396 e. The van der Waals surface area contributed by atoms with E-state index in [4.69, 9.17) is 5.73 Å². The maximum atomic E-state index is 13.5. The van der Waals surface area contributed by atoms with Crippen LogP contribution < -0.4 is 10.5 Å². The standard InChI is InChI=1S/C15H17FN2O2S/c1-10-8-13(16)14(17)11(2)15(10)21(19,20)18-9-12-6-4-3-5-7-12/h3-8,18H,9,17H2,1-2H3. The van der Waals surface area contributed by atoms with Gasteiger partial charge in [-0.05, 0) is 36.6 Å². The van der Waals surface area contributed by atoms with E-state index in [-0.39, 0.29) is 22.7 Å². The van der Waals surface area contributed by atoms with Gasteiger partial charge in [-0.15, -0.1) is 0 Å². The maximum Gasteiger partial charge on any atom is 0.241 e. The van der Waals surface area contributed by atoms with E-state index in [1.807, 2.05) is 30.3 Å². The van der Waals surface area contributed by atoms with Gasteiger partial charge in [0.1, 0.15) is 5.82 Å². The van der Waals surface area contributed by atoms with Crippen LogP contribution >= 0.6 is 0 Å². The van der Waals surface area contributed by atoms with Crippen LogP contribution in [0.5, 0.6) is 0 Å². The first-order valence-electron chi connectivity index (χ1n) is 6.41. The van der Waals surface area contributed by atoms with E-state index in [1.165, 1.54) is 6.92 Å². The third kappa shape index (κ3) is 3.22. The molecule has 3 N–H and O–H groups in total. The zero-order chi connectivity index (χ0) is 15.6. The highest BCUT2D eigenvalue weighted by Crippen LogP contribution is 2.27. The Hall–Kier alpha value is -1.92. The van der Waals surface area contributed by atoms with Crippen LogP contribution in [0.15, 0.2) is 41.3 Å². The number of halogens is 1. The summed E-state index contributed by atoms with van der Waals surface area (Å²) >= 11 is 0. The molecule has 0 unspecified atom stereocenters. The fraction of sp³-hybridized carbons (Fsp3) is 0.200. The number of hydrogen-bond acceptors (Lipinski definition) is 3. The third-order valence-electron chi connectivity index (χ3n) is 3.28. The summed E-state index contributed by atoms with van der Waals surface area (Å²) in [6, 6.07) is 10.3. The molecule has 0 fully saturated rings. The second kappa shape index (κ2) is 5.83. The lowest BCUT2D eigenvalue weighted by atomic mass is 10.1. The van der Waals surface area contributed by atoms with Crippen molar-refractivity contribution >= 4 is 15.7 Å². The molecule has 0 saturated heterocycles. The molecule has 0 heterocycles. The number of sulfonamides is 1. The molecule has 0 atom stereocenters. The summed E-state index contributed by atoms with van der Waals surface area (Å²) in [5, 5.41) is 0. The molecule has 0 spiro atoms. The van der Waals surface area contributed by atoms with Gasteiger partial charge in [0.05, 0.1) is 10.6 Å². The van der Waals surface area contributed by atoms with Crippen LogP contribution in [0.25, 0.3) is 0 Å². The van der Waals surface area contributed by atoms with Gasteiger partial charge in [-0.3, -0.25) is 0 Å². The van der Waals surface area contributed by atoms with Gasteiger partial charge in [-0.1, -0.05) is 30.3 Å². The third-order valence-corrected chi connectivity index (χ3v) is 4.97. The van der Waals surface area contributed by atoms with Crippen molar-refractivity contribution in [1.82, 2.24) is 4.72 Å². The van der Waals surface area contributed by atoms with Crippen molar-refractivity contribution in [2.45, 2.75) is 25.3 Å². The van der Waals surface area contributed by atoms with Crippen LogP contribution in [0.3, 0.4) is 0 Å². The summed E-state index contributed by atoms with van der Waals surface area (Å²) < 4.78 is 40.9. The van der Waals surface area contributed by atoms with Gasteiger partial charge < -0.3 is 5.73 Å². The van der Waals surface area contributed by atoms with E-state index in [1.54, 1.807) is 6.92 Å². The fourth-order valence-electron chi connectivity index (χ4n) is 2.19. The van der Waals surface area contributed by atoms with E-state index in [2.05, 4.69) is 4.72 Å². The highest BCUT2D eigenvalue weighted by Gasteiger charge is 2.22. The Morgan fingerprint density at radius 1 is 1.19 bits per heavy atom. The number of aryl methyl sites for hydroxylation is 1. The Bertz CT molecular complexity index is 759. The van der Waals surface area contributed by atoms with E-state index in [0.717, 1.165) is 11.6 Å². The summed E-state index contributed by atoms with van der Waals surface area (Å²) in [6.45, 7) is 3.22. The van der Waals surface area contributed by atoms with Gasteiger partial charge in [0.15, 0.2) is 0 Å². The van der Waals surface area contributed by atoms with Crippen LogP contribution in [-0.4, -0.2) is 8.42 Å². The van der Waals surface area contributed by atoms with Gasteiger partial charge in [0.2, 0.25) is 10.0 Å². The van der Waals surface area contributed by atoms with Crippen molar-refractivity contribution in [3.05, 3.63) is 58.9 Å². The Kier molecular flexibility index (Phi) is 4.29. The lowest BCUT2D eigenvalue weighted by Crippen LogP contribution is -2.25. The quantitative estimate of drug-likeness (QED) is 0.852. The van der Waals surface area contributed by atoms with Crippen molar-refractivity contribution in [3.63, 3.8) is 0 Å². The van der Waals surface area contributed by atoms with Crippen molar-refractivity contribution in [3.8, 4) is 0 Å². The van der Waals surface area contributed by atoms with Gasteiger partial charge >= 0.3 is 0 Å². The second-order valence-electron chi connectivity index (χ2n) is 4.85. The second-order valence-corrected chi connectivity index (χ2v) is 6.56. The van der Waals surface area contributed by atoms with Crippen molar-refractivity contribution < 1.29 is 12.8 Å². The molecule has 0 bridgehead atoms. The predicted molar refractivity (Wildman–Crippen MR) is 80.8 cm³/mol. The molecular formula is C15H17FN2O2S. The Labute approximate surface area is 123 Å². The zero-order valence-corrected chi connectivity index (χ0v) is 12.7. The van der Waals surface area contributed by atoms with Gasteiger partial charge in [-0.25, -0.2) is 17.5 Å². The molecule has 2 aromatic rings. The first kappa shape index (κ1) is 15.5. The summed E-state index contributed by atoms with van der Waals surface area (Å²) in [6.07, 6.45) is 0. The SMILES string of the molecule is Cc1cc(F)c(N)c(C)c1S(=O)(=O)NCc1ccccc1. The Morgan fingerprint density at radius 2 is 1.81 bits per heavy atom. The van der Waals surface area contributed by atoms with Crippen LogP contribution in [0.4, 0.5) is 10.1 Å². The molecule has 4 nitrogen and oxygen atoms in total. The summed E-state index contributed by atoms with van der Waals surface area (Å²) in [4.78, 5) is 0.0392. The van der Waals surface area contributed by atoms with Crippen molar-refractivity contribution in [1.29, 1.82) is 0 Å². The van der Waals surface area contributed by atoms with E-state index in [0.29, 0.717) is 5.56 Å². The molecule has 0 aliphatic carbocycles.